The van der Waals surface area contributed by atoms with Crippen molar-refractivity contribution in [1.29, 1.82) is 0 Å². The molecule has 5 rings (SSSR count). The summed E-state index contributed by atoms with van der Waals surface area (Å²) in [5.41, 5.74) is 9.27. The molecule has 9 nitrogen and oxygen atoms in total. The molecule has 3 heterocycles. The first kappa shape index (κ1) is 15.9. The van der Waals surface area contributed by atoms with Crippen LogP contribution in [0.3, 0.4) is 0 Å². The summed E-state index contributed by atoms with van der Waals surface area (Å²) in [4.78, 5) is 4.39. The molecule has 0 amide bonds. The summed E-state index contributed by atoms with van der Waals surface area (Å²) in [6.45, 7) is 0.150. The van der Waals surface area contributed by atoms with Gasteiger partial charge in [-0.3, -0.25) is 5.73 Å². The second-order valence-corrected chi connectivity index (χ2v) is 6.47. The number of aromatic amines is 1. The van der Waals surface area contributed by atoms with Gasteiger partial charge in [-0.15, -0.1) is 0 Å². The maximum absolute atomic E-state index is 6.50. The average molecular weight is 384 g/mol. The zero-order valence-electron chi connectivity index (χ0n) is 13.9. The van der Waals surface area contributed by atoms with E-state index >= 15 is 0 Å². The van der Waals surface area contributed by atoms with Crippen molar-refractivity contribution in [3.63, 3.8) is 0 Å². The predicted molar refractivity (Wildman–Crippen MR) is 101 cm³/mol. The lowest BCUT2D eigenvalue weighted by molar-refractivity contribution is 0.174. The van der Waals surface area contributed by atoms with Crippen LogP contribution in [-0.4, -0.2) is 28.4 Å². The molecule has 0 radical (unpaired) electrons. The molecule has 0 bridgehead atoms. The van der Waals surface area contributed by atoms with E-state index in [9.17, 15) is 0 Å². The number of ether oxygens (including phenoxy) is 2. The van der Waals surface area contributed by atoms with Crippen LogP contribution in [0.1, 0.15) is 5.56 Å². The van der Waals surface area contributed by atoms with Crippen molar-refractivity contribution in [2.24, 2.45) is 10.7 Å². The van der Waals surface area contributed by atoms with Gasteiger partial charge in [0.15, 0.2) is 11.5 Å². The largest absolute Gasteiger partial charge is 0.454 e. The van der Waals surface area contributed by atoms with Crippen LogP contribution in [0.2, 0.25) is 5.02 Å². The molecule has 2 aliphatic heterocycles. The lowest BCUT2D eigenvalue weighted by Gasteiger charge is -2.32. The van der Waals surface area contributed by atoms with Gasteiger partial charge in [0.25, 0.3) is 0 Å². The van der Waals surface area contributed by atoms with Gasteiger partial charge in [-0.25, -0.2) is 4.99 Å². The Morgan fingerprint density at radius 1 is 1.15 bits per heavy atom. The van der Waals surface area contributed by atoms with E-state index in [0.29, 0.717) is 33.5 Å². The molecule has 136 valence electrons. The number of hydrogen-bond donors (Lipinski definition) is 4. The molecule has 0 aliphatic carbocycles. The topological polar surface area (TPSA) is 122 Å². The number of halogens is 1. The fraction of sp³-hybridized carbons (Fsp3) is 0.118. The highest BCUT2D eigenvalue weighted by atomic mass is 35.5. The summed E-state index contributed by atoms with van der Waals surface area (Å²) in [6.07, 6.45) is 3.38. The minimum Gasteiger partial charge on any atom is -0.454 e. The van der Waals surface area contributed by atoms with E-state index in [1.807, 2.05) is 18.2 Å². The number of aliphatic imine (C=N–C) groups is 1. The number of fused-ring (bicyclic) bond motifs is 2. The maximum atomic E-state index is 6.50. The zero-order chi connectivity index (χ0) is 18.4. The summed E-state index contributed by atoms with van der Waals surface area (Å²) in [5.74, 6) is 0.617. The van der Waals surface area contributed by atoms with E-state index in [0.717, 1.165) is 11.1 Å². The summed E-state index contributed by atoms with van der Waals surface area (Å²) >= 11 is 6.33. The molecule has 10 heteroatoms. The van der Waals surface area contributed by atoms with Crippen LogP contribution in [-0.2, 0) is 5.79 Å². The van der Waals surface area contributed by atoms with E-state index < -0.39 is 5.79 Å². The highest BCUT2D eigenvalue weighted by Crippen LogP contribution is 2.44. The van der Waals surface area contributed by atoms with Gasteiger partial charge in [0, 0.05) is 11.8 Å². The predicted octanol–water partition coefficient (Wildman–Crippen LogP) is 2.04. The van der Waals surface area contributed by atoms with E-state index in [4.69, 9.17) is 26.8 Å². The number of benzene rings is 2. The Morgan fingerprint density at radius 2 is 2.04 bits per heavy atom. The fourth-order valence-electron chi connectivity index (χ4n) is 3.01. The molecule has 3 aromatic rings. The monoisotopic (exact) mass is 383 g/mol. The molecule has 0 saturated carbocycles. The van der Waals surface area contributed by atoms with Gasteiger partial charge >= 0.3 is 0 Å². The Balaban J connectivity index is 1.45. The van der Waals surface area contributed by atoms with Crippen LogP contribution in [0.5, 0.6) is 11.5 Å². The fourth-order valence-corrected chi connectivity index (χ4v) is 3.20. The number of rotatable bonds is 3. The van der Waals surface area contributed by atoms with Crippen molar-refractivity contribution in [2.45, 2.75) is 5.79 Å². The van der Waals surface area contributed by atoms with Gasteiger partial charge in [-0.2, -0.15) is 15.4 Å². The van der Waals surface area contributed by atoms with Crippen LogP contribution in [0.4, 0.5) is 5.69 Å². The third-order valence-electron chi connectivity index (χ3n) is 4.35. The molecular weight excluding hydrogens is 370 g/mol. The Hall–Kier alpha value is -3.30. The molecule has 1 aromatic heterocycles. The molecule has 0 spiro atoms. The molecule has 1 atom stereocenters. The van der Waals surface area contributed by atoms with Gasteiger partial charge in [0.2, 0.25) is 12.6 Å². The number of hydrogen-bond acceptors (Lipinski definition) is 8. The molecule has 0 saturated heterocycles. The summed E-state index contributed by atoms with van der Waals surface area (Å²) in [6, 6.07) is 9.01. The third-order valence-corrected chi connectivity index (χ3v) is 4.66. The number of nitrogens with one attached hydrogen (secondary N) is 3. The second kappa shape index (κ2) is 5.86. The van der Waals surface area contributed by atoms with Crippen LogP contribution in [0.25, 0.3) is 11.0 Å². The minimum absolute atomic E-state index is 0.150. The van der Waals surface area contributed by atoms with Crippen molar-refractivity contribution < 1.29 is 9.47 Å². The van der Waals surface area contributed by atoms with Gasteiger partial charge in [-0.05, 0) is 30.3 Å². The minimum atomic E-state index is -1.17. The van der Waals surface area contributed by atoms with Crippen LogP contribution in [0, 0.1) is 0 Å². The van der Waals surface area contributed by atoms with Crippen LogP contribution < -0.4 is 25.8 Å². The standard InChI is InChI=1S/C17H14ClN7O2/c18-10-2-4-13-16(27-8-26-13)15(10)21-14-5-6-20-17(19,22-14)9-1-3-11-12(7-9)24-25-23-11/h1-7,21-22H,8,19H2,(H,23,24,25). The SMILES string of the molecule is NC1(c2ccc3n[nH]nc3c2)N=CC=C(Nc2c(Cl)ccc3c2OCO3)N1. The third kappa shape index (κ3) is 2.64. The molecule has 2 aromatic carbocycles. The van der Waals surface area contributed by atoms with Gasteiger partial charge in [0.05, 0.1) is 5.02 Å². The number of nitrogens with zero attached hydrogens (tertiary/aromatic N) is 3. The first-order chi connectivity index (χ1) is 13.1. The summed E-state index contributed by atoms with van der Waals surface area (Å²) < 4.78 is 10.9. The normalized spacial score (nSPS) is 20.4. The summed E-state index contributed by atoms with van der Waals surface area (Å²) in [5, 5.41) is 17.6. The second-order valence-electron chi connectivity index (χ2n) is 6.06. The molecule has 0 fully saturated rings. The Labute approximate surface area is 158 Å². The highest BCUT2D eigenvalue weighted by molar-refractivity contribution is 6.33. The van der Waals surface area contributed by atoms with Crippen molar-refractivity contribution in [3.8, 4) is 11.5 Å². The molecule has 1 unspecified atom stereocenters. The molecular formula is C17H14ClN7O2. The average Bonchev–Trinajstić information content (AvgIpc) is 3.32. The summed E-state index contributed by atoms with van der Waals surface area (Å²) in [7, 11) is 0. The van der Waals surface area contributed by atoms with Crippen LogP contribution >= 0.6 is 11.6 Å². The van der Waals surface area contributed by atoms with Gasteiger partial charge in [-0.1, -0.05) is 17.7 Å². The molecule has 27 heavy (non-hydrogen) atoms. The number of nitrogens with two attached hydrogens (primary N) is 1. The van der Waals surface area contributed by atoms with Crippen molar-refractivity contribution >= 4 is 34.5 Å². The number of aromatic nitrogens is 3. The lowest BCUT2D eigenvalue weighted by Crippen LogP contribution is -2.51. The Bertz CT molecular complexity index is 1110. The Morgan fingerprint density at radius 3 is 2.96 bits per heavy atom. The number of H-pyrrole nitrogens is 1. The first-order valence-corrected chi connectivity index (χ1v) is 8.49. The van der Waals surface area contributed by atoms with Crippen molar-refractivity contribution in [2.75, 3.05) is 12.1 Å². The van der Waals surface area contributed by atoms with E-state index in [1.165, 1.54) is 0 Å². The van der Waals surface area contributed by atoms with Crippen molar-refractivity contribution in [3.05, 3.63) is 52.8 Å². The van der Waals surface area contributed by atoms with E-state index in [-0.39, 0.29) is 6.79 Å². The van der Waals surface area contributed by atoms with Crippen LogP contribution in [0.15, 0.2) is 47.2 Å². The number of allylic oxidation sites excluding steroid dienone is 1. The maximum Gasteiger partial charge on any atom is 0.231 e. The number of anilines is 1. The van der Waals surface area contributed by atoms with E-state index in [2.05, 4.69) is 31.0 Å². The van der Waals surface area contributed by atoms with Crippen molar-refractivity contribution in [1.82, 2.24) is 20.7 Å². The Kier molecular flexibility index (Phi) is 3.46. The highest BCUT2D eigenvalue weighted by Gasteiger charge is 2.30. The van der Waals surface area contributed by atoms with E-state index in [1.54, 1.807) is 24.4 Å². The lowest BCUT2D eigenvalue weighted by atomic mass is 10.1. The smallest absolute Gasteiger partial charge is 0.231 e. The van der Waals surface area contributed by atoms with Gasteiger partial charge in [0.1, 0.15) is 22.5 Å². The van der Waals surface area contributed by atoms with Gasteiger partial charge < -0.3 is 20.1 Å². The molecule has 5 N–H and O–H groups in total. The first-order valence-electron chi connectivity index (χ1n) is 8.11. The zero-order valence-corrected chi connectivity index (χ0v) is 14.6. The molecule has 2 aliphatic rings. The quantitative estimate of drug-likeness (QED) is 0.545.